The molecule has 2 fully saturated rings. The number of carbonyl (C=O) groups is 2. The minimum absolute atomic E-state index is 0.0176. The van der Waals surface area contributed by atoms with Gasteiger partial charge in [-0.05, 0) is 19.3 Å². The first-order valence-corrected chi connectivity index (χ1v) is 6.91. The van der Waals surface area contributed by atoms with Crippen molar-refractivity contribution in [1.82, 2.24) is 0 Å². The molecule has 96 valence electrons. The van der Waals surface area contributed by atoms with Crippen molar-refractivity contribution < 1.29 is 14.3 Å². The molecule has 2 atom stereocenters. The van der Waals surface area contributed by atoms with E-state index in [9.17, 15) is 9.59 Å². The van der Waals surface area contributed by atoms with Crippen molar-refractivity contribution in [2.75, 3.05) is 6.61 Å². The summed E-state index contributed by atoms with van der Waals surface area (Å²) in [6.45, 7) is 2.22. The normalized spacial score (nSPS) is 28.8. The third kappa shape index (κ3) is 3.30. The lowest BCUT2D eigenvalue weighted by Gasteiger charge is -2.20. The second-order valence-electron chi connectivity index (χ2n) is 5.38. The summed E-state index contributed by atoms with van der Waals surface area (Å²) < 4.78 is 4.95. The summed E-state index contributed by atoms with van der Waals surface area (Å²) in [5, 5.41) is 0. The van der Waals surface area contributed by atoms with Crippen LogP contribution in [0.2, 0.25) is 0 Å². The summed E-state index contributed by atoms with van der Waals surface area (Å²) in [6.07, 6.45) is 7.67. The van der Waals surface area contributed by atoms with E-state index >= 15 is 0 Å². The first-order valence-electron chi connectivity index (χ1n) is 6.91. The average molecular weight is 238 g/mol. The molecule has 2 saturated carbocycles. The highest BCUT2D eigenvalue weighted by molar-refractivity contribution is 5.91. The van der Waals surface area contributed by atoms with Crippen LogP contribution in [-0.2, 0) is 14.3 Å². The van der Waals surface area contributed by atoms with Gasteiger partial charge < -0.3 is 4.74 Å². The van der Waals surface area contributed by atoms with Gasteiger partial charge in [0.2, 0.25) is 0 Å². The van der Waals surface area contributed by atoms with E-state index in [1.807, 2.05) is 0 Å². The molecule has 0 aromatic carbocycles. The van der Waals surface area contributed by atoms with Crippen LogP contribution in [0.25, 0.3) is 0 Å². The zero-order valence-electron chi connectivity index (χ0n) is 10.6. The molecule has 0 saturated heterocycles. The zero-order valence-corrected chi connectivity index (χ0v) is 10.6. The lowest BCUT2D eigenvalue weighted by molar-refractivity contribution is -0.145. The molecule has 3 nitrogen and oxygen atoms in total. The number of carbonyl (C=O) groups excluding carboxylic acids is 2. The van der Waals surface area contributed by atoms with Crippen molar-refractivity contribution in [2.45, 2.75) is 51.9 Å². The Morgan fingerprint density at radius 2 is 1.82 bits per heavy atom. The SMILES string of the molecule is CCOC(=O)[C@@H]1C[C@H]1C(=O)CC1CCCCC1. The van der Waals surface area contributed by atoms with Crippen LogP contribution in [0.1, 0.15) is 51.9 Å². The Balaban J connectivity index is 1.73. The van der Waals surface area contributed by atoms with E-state index in [0.717, 1.165) is 6.42 Å². The third-order valence-electron chi connectivity index (χ3n) is 4.01. The van der Waals surface area contributed by atoms with Gasteiger partial charge in [0.25, 0.3) is 0 Å². The molecule has 2 rings (SSSR count). The highest BCUT2D eigenvalue weighted by Crippen LogP contribution is 2.42. The van der Waals surface area contributed by atoms with Crippen LogP contribution in [-0.4, -0.2) is 18.4 Å². The molecule has 0 spiro atoms. The second kappa shape index (κ2) is 5.65. The van der Waals surface area contributed by atoms with Crippen LogP contribution >= 0.6 is 0 Å². The van der Waals surface area contributed by atoms with Crippen molar-refractivity contribution in [2.24, 2.45) is 17.8 Å². The molecule has 0 heterocycles. The van der Waals surface area contributed by atoms with Gasteiger partial charge >= 0.3 is 5.97 Å². The van der Waals surface area contributed by atoms with E-state index in [1.54, 1.807) is 6.92 Å². The molecule has 0 N–H and O–H groups in total. The molecule has 0 bridgehead atoms. The van der Waals surface area contributed by atoms with Gasteiger partial charge in [-0.1, -0.05) is 32.1 Å². The number of Topliss-reactive ketones (excluding diaryl/α,β-unsaturated/α-hetero) is 1. The van der Waals surface area contributed by atoms with Gasteiger partial charge in [0, 0.05) is 12.3 Å². The summed E-state index contributed by atoms with van der Waals surface area (Å²) in [7, 11) is 0. The maximum Gasteiger partial charge on any atom is 0.309 e. The molecule has 0 unspecified atom stereocenters. The van der Waals surface area contributed by atoms with Gasteiger partial charge in [-0.25, -0.2) is 0 Å². The van der Waals surface area contributed by atoms with Gasteiger partial charge in [-0.2, -0.15) is 0 Å². The van der Waals surface area contributed by atoms with Crippen molar-refractivity contribution >= 4 is 11.8 Å². The number of hydrogen-bond donors (Lipinski definition) is 0. The lowest BCUT2D eigenvalue weighted by atomic mass is 9.85. The Labute approximate surface area is 103 Å². The summed E-state index contributed by atoms with van der Waals surface area (Å²) in [5.41, 5.74) is 0. The minimum Gasteiger partial charge on any atom is -0.466 e. The summed E-state index contributed by atoms with van der Waals surface area (Å²) >= 11 is 0. The number of esters is 1. The lowest BCUT2D eigenvalue weighted by Crippen LogP contribution is -2.16. The molecule has 0 radical (unpaired) electrons. The van der Waals surface area contributed by atoms with Gasteiger partial charge in [0.1, 0.15) is 5.78 Å². The molecule has 2 aliphatic carbocycles. The Hall–Kier alpha value is -0.860. The van der Waals surface area contributed by atoms with Crippen LogP contribution in [0, 0.1) is 17.8 Å². The van der Waals surface area contributed by atoms with Crippen molar-refractivity contribution in [3.8, 4) is 0 Å². The van der Waals surface area contributed by atoms with E-state index in [4.69, 9.17) is 4.74 Å². The fourth-order valence-electron chi connectivity index (χ4n) is 2.89. The average Bonchev–Trinajstić information content (AvgIpc) is 3.10. The van der Waals surface area contributed by atoms with E-state index in [1.165, 1.54) is 32.1 Å². The van der Waals surface area contributed by atoms with E-state index in [-0.39, 0.29) is 17.8 Å². The largest absolute Gasteiger partial charge is 0.466 e. The molecular formula is C14H22O3. The Bertz CT molecular complexity index is 292. The summed E-state index contributed by atoms with van der Waals surface area (Å²) in [4.78, 5) is 23.4. The molecular weight excluding hydrogens is 216 g/mol. The maximum absolute atomic E-state index is 12.0. The second-order valence-corrected chi connectivity index (χ2v) is 5.38. The number of rotatable bonds is 5. The predicted octanol–water partition coefficient (Wildman–Crippen LogP) is 2.73. The first-order chi connectivity index (χ1) is 8.22. The van der Waals surface area contributed by atoms with Crippen molar-refractivity contribution in [3.63, 3.8) is 0 Å². The number of ketones is 1. The molecule has 0 aromatic heterocycles. The summed E-state index contributed by atoms with van der Waals surface area (Å²) in [6, 6.07) is 0. The van der Waals surface area contributed by atoms with E-state index in [2.05, 4.69) is 0 Å². The zero-order chi connectivity index (χ0) is 12.3. The minimum atomic E-state index is -0.172. The van der Waals surface area contributed by atoms with Crippen molar-refractivity contribution in [1.29, 1.82) is 0 Å². The van der Waals surface area contributed by atoms with E-state index < -0.39 is 0 Å². The Kier molecular flexibility index (Phi) is 4.19. The van der Waals surface area contributed by atoms with Crippen LogP contribution < -0.4 is 0 Å². The van der Waals surface area contributed by atoms with Crippen LogP contribution in [0.3, 0.4) is 0 Å². The first kappa shape index (κ1) is 12.6. The third-order valence-corrected chi connectivity index (χ3v) is 4.01. The maximum atomic E-state index is 12.0. The highest BCUT2D eigenvalue weighted by atomic mass is 16.5. The summed E-state index contributed by atoms with van der Waals surface area (Å²) in [5.74, 6) is 0.575. The smallest absolute Gasteiger partial charge is 0.309 e. The topological polar surface area (TPSA) is 43.4 Å². The van der Waals surface area contributed by atoms with Gasteiger partial charge in [-0.3, -0.25) is 9.59 Å². The predicted molar refractivity (Wildman–Crippen MR) is 64.4 cm³/mol. The van der Waals surface area contributed by atoms with Gasteiger partial charge in [0.15, 0.2) is 0 Å². The molecule has 0 amide bonds. The van der Waals surface area contributed by atoms with Gasteiger partial charge in [-0.15, -0.1) is 0 Å². The highest BCUT2D eigenvalue weighted by Gasteiger charge is 2.48. The molecule has 17 heavy (non-hydrogen) atoms. The van der Waals surface area contributed by atoms with Crippen LogP contribution in [0.15, 0.2) is 0 Å². The quantitative estimate of drug-likeness (QED) is 0.692. The standard InChI is InChI=1S/C14H22O3/c1-2-17-14(16)12-9-11(12)13(15)8-10-6-4-3-5-7-10/h10-12H,2-9H2,1H3/t11-,12-/m1/s1. The fraction of sp³-hybridized carbons (Fsp3) is 0.857. The number of hydrogen-bond acceptors (Lipinski definition) is 3. The van der Waals surface area contributed by atoms with Crippen molar-refractivity contribution in [3.05, 3.63) is 0 Å². The monoisotopic (exact) mass is 238 g/mol. The molecule has 0 aromatic rings. The molecule has 0 aliphatic heterocycles. The van der Waals surface area contributed by atoms with E-state index in [0.29, 0.717) is 24.7 Å². The Morgan fingerprint density at radius 1 is 1.12 bits per heavy atom. The molecule has 3 heteroatoms. The fourth-order valence-corrected chi connectivity index (χ4v) is 2.89. The van der Waals surface area contributed by atoms with Crippen LogP contribution in [0.5, 0.6) is 0 Å². The molecule has 2 aliphatic rings. The van der Waals surface area contributed by atoms with Crippen LogP contribution in [0.4, 0.5) is 0 Å². The Morgan fingerprint density at radius 3 is 2.47 bits per heavy atom. The van der Waals surface area contributed by atoms with Gasteiger partial charge in [0.05, 0.1) is 12.5 Å². The number of ether oxygens (including phenoxy) is 1.